The van der Waals surface area contributed by atoms with Crippen molar-refractivity contribution in [3.63, 3.8) is 0 Å². The molecule has 0 unspecified atom stereocenters. The van der Waals surface area contributed by atoms with Crippen LogP contribution in [0, 0.1) is 0 Å². The quantitative estimate of drug-likeness (QED) is 0.745. The minimum absolute atomic E-state index is 0.104. The summed E-state index contributed by atoms with van der Waals surface area (Å²) in [5, 5.41) is 0. The number of hydrogen-bond donors (Lipinski definition) is 0. The Hall–Kier alpha value is -1.41. The van der Waals surface area contributed by atoms with E-state index in [1.165, 1.54) is 19.2 Å². The Labute approximate surface area is 125 Å². The van der Waals surface area contributed by atoms with Crippen LogP contribution >= 0.6 is 10.7 Å². The summed E-state index contributed by atoms with van der Waals surface area (Å²) in [6.45, 7) is 1.12. The molecule has 9 heteroatoms. The van der Waals surface area contributed by atoms with Gasteiger partial charge >= 0.3 is 0 Å². The molecule has 0 N–H and O–H groups in total. The molecule has 0 aromatic heterocycles. The third kappa shape index (κ3) is 4.82. The van der Waals surface area contributed by atoms with Crippen molar-refractivity contribution in [2.24, 2.45) is 0 Å². The summed E-state index contributed by atoms with van der Waals surface area (Å²) < 4.78 is 52.5. The lowest BCUT2D eigenvalue weighted by Gasteiger charge is -2.19. The van der Waals surface area contributed by atoms with Crippen molar-refractivity contribution in [2.75, 3.05) is 20.2 Å². The highest BCUT2D eigenvalue weighted by molar-refractivity contribution is 8.13. The van der Waals surface area contributed by atoms with Gasteiger partial charge in [0.15, 0.2) is 0 Å². The zero-order chi connectivity index (χ0) is 16.2. The van der Waals surface area contributed by atoms with E-state index in [0.29, 0.717) is 0 Å². The van der Waals surface area contributed by atoms with Gasteiger partial charge in [-0.2, -0.15) is 0 Å². The van der Waals surface area contributed by atoms with Crippen LogP contribution < -0.4 is 4.74 Å². The summed E-state index contributed by atoms with van der Waals surface area (Å²) in [4.78, 5) is 12.6. The Balaban J connectivity index is 3.26. The van der Waals surface area contributed by atoms with E-state index in [1.54, 1.807) is 6.92 Å². The number of ether oxygens (including phenoxy) is 1. The maximum absolute atomic E-state index is 12.3. The zero-order valence-electron chi connectivity index (χ0n) is 11.3. The van der Waals surface area contributed by atoms with Crippen molar-refractivity contribution in [3.05, 3.63) is 23.8 Å². The average Bonchev–Trinajstić information content (AvgIpc) is 2.36. The summed E-state index contributed by atoms with van der Waals surface area (Å²) in [6.07, 6.45) is -2.70. The molecule has 118 valence electrons. The molecule has 0 atom stereocenters. The molecular weight excluding hydrogens is 328 g/mol. The van der Waals surface area contributed by atoms with Gasteiger partial charge in [-0.3, -0.25) is 4.79 Å². The van der Waals surface area contributed by atoms with Gasteiger partial charge in [0.25, 0.3) is 21.4 Å². The van der Waals surface area contributed by atoms with Crippen molar-refractivity contribution in [1.82, 2.24) is 4.90 Å². The lowest BCUT2D eigenvalue weighted by atomic mass is 10.1. The molecule has 21 heavy (non-hydrogen) atoms. The minimum Gasteiger partial charge on any atom is -0.493 e. The molecule has 5 nitrogen and oxygen atoms in total. The molecule has 0 bridgehead atoms. The number of amides is 1. The van der Waals surface area contributed by atoms with E-state index in [9.17, 15) is 22.0 Å². The number of rotatable bonds is 6. The summed E-state index contributed by atoms with van der Waals surface area (Å²) in [6, 6.07) is 3.46. The fourth-order valence-corrected chi connectivity index (χ4v) is 2.38. The Morgan fingerprint density at radius 1 is 1.43 bits per heavy atom. The molecule has 0 aliphatic rings. The number of alkyl halides is 2. The molecule has 0 spiro atoms. The van der Waals surface area contributed by atoms with Crippen LogP contribution in [0.2, 0.25) is 0 Å². The molecule has 0 aliphatic heterocycles. The molecule has 0 saturated heterocycles. The molecule has 0 heterocycles. The van der Waals surface area contributed by atoms with Crippen LogP contribution in [0.5, 0.6) is 5.75 Å². The first-order chi connectivity index (χ1) is 9.66. The standard InChI is InChI=1S/C12H14ClF2NO4S/c1-3-20-10-5-4-8(21(13,18)19)6-9(10)12(17)16(2)7-11(14)15/h4-6,11H,3,7H2,1-2H3. The third-order valence-electron chi connectivity index (χ3n) is 2.52. The maximum atomic E-state index is 12.3. The lowest BCUT2D eigenvalue weighted by Crippen LogP contribution is -2.31. The van der Waals surface area contributed by atoms with Crippen LogP contribution in [0.15, 0.2) is 23.1 Å². The SMILES string of the molecule is CCOc1ccc(S(=O)(=O)Cl)cc1C(=O)N(C)CC(F)F. The van der Waals surface area contributed by atoms with Crippen molar-refractivity contribution >= 4 is 25.6 Å². The van der Waals surface area contributed by atoms with Crippen LogP contribution in [-0.2, 0) is 9.05 Å². The topological polar surface area (TPSA) is 63.7 Å². The minimum atomic E-state index is -4.04. The second-order valence-corrected chi connectivity index (χ2v) is 6.67. The fraction of sp³-hybridized carbons (Fsp3) is 0.417. The van der Waals surface area contributed by atoms with Crippen LogP contribution in [0.25, 0.3) is 0 Å². The number of carbonyl (C=O) groups excluding carboxylic acids is 1. The Morgan fingerprint density at radius 3 is 2.52 bits per heavy atom. The summed E-state index contributed by atoms with van der Waals surface area (Å²) in [7, 11) is 2.36. The zero-order valence-corrected chi connectivity index (χ0v) is 12.9. The van der Waals surface area contributed by atoms with Crippen LogP contribution in [0.4, 0.5) is 8.78 Å². The molecule has 0 fully saturated rings. The molecular formula is C12H14ClF2NO4S. The van der Waals surface area contributed by atoms with Gasteiger partial charge in [0.1, 0.15) is 5.75 Å². The first-order valence-electron chi connectivity index (χ1n) is 5.92. The van der Waals surface area contributed by atoms with Gasteiger partial charge in [-0.25, -0.2) is 17.2 Å². The first-order valence-corrected chi connectivity index (χ1v) is 8.22. The van der Waals surface area contributed by atoms with E-state index in [-0.39, 0.29) is 22.8 Å². The second-order valence-electron chi connectivity index (χ2n) is 4.11. The summed E-state index contributed by atoms with van der Waals surface area (Å²) in [5.74, 6) is -0.673. The lowest BCUT2D eigenvalue weighted by molar-refractivity contribution is 0.0616. The van der Waals surface area contributed by atoms with E-state index in [0.717, 1.165) is 11.0 Å². The van der Waals surface area contributed by atoms with Gasteiger partial charge < -0.3 is 9.64 Å². The highest BCUT2D eigenvalue weighted by atomic mass is 35.7. The molecule has 0 aliphatic carbocycles. The average molecular weight is 342 g/mol. The molecule has 0 radical (unpaired) electrons. The summed E-state index contributed by atoms with van der Waals surface area (Å²) in [5.41, 5.74) is -0.137. The van der Waals surface area contributed by atoms with Gasteiger partial charge in [-0.05, 0) is 25.1 Å². The third-order valence-corrected chi connectivity index (χ3v) is 3.87. The first kappa shape index (κ1) is 17.6. The second kappa shape index (κ2) is 7.04. The monoisotopic (exact) mass is 341 g/mol. The summed E-state index contributed by atoms with van der Waals surface area (Å²) >= 11 is 0. The molecule has 1 aromatic rings. The van der Waals surface area contributed by atoms with Crippen molar-refractivity contribution in [2.45, 2.75) is 18.2 Å². The van der Waals surface area contributed by atoms with Gasteiger partial charge in [0.05, 0.1) is 23.6 Å². The number of carbonyl (C=O) groups is 1. The van der Waals surface area contributed by atoms with Crippen molar-refractivity contribution in [1.29, 1.82) is 0 Å². The Kier molecular flexibility index (Phi) is 5.91. The highest BCUT2D eigenvalue weighted by Gasteiger charge is 2.22. The van der Waals surface area contributed by atoms with E-state index < -0.39 is 27.9 Å². The molecule has 0 saturated carbocycles. The van der Waals surface area contributed by atoms with Crippen LogP contribution in [-0.4, -0.2) is 45.8 Å². The Bertz CT molecular complexity index is 622. The Morgan fingerprint density at radius 2 is 2.05 bits per heavy atom. The molecule has 1 amide bonds. The van der Waals surface area contributed by atoms with Crippen LogP contribution in [0.1, 0.15) is 17.3 Å². The van der Waals surface area contributed by atoms with E-state index >= 15 is 0 Å². The predicted octanol–water partition coefficient (Wildman–Crippen LogP) is 2.35. The smallest absolute Gasteiger partial charge is 0.261 e. The van der Waals surface area contributed by atoms with E-state index in [2.05, 4.69) is 0 Å². The van der Waals surface area contributed by atoms with Crippen LogP contribution in [0.3, 0.4) is 0 Å². The van der Waals surface area contributed by atoms with Gasteiger partial charge in [0.2, 0.25) is 0 Å². The van der Waals surface area contributed by atoms with Gasteiger partial charge in [-0.15, -0.1) is 0 Å². The largest absolute Gasteiger partial charge is 0.493 e. The number of halogens is 3. The predicted molar refractivity (Wildman–Crippen MR) is 73.6 cm³/mol. The van der Waals surface area contributed by atoms with E-state index in [1.807, 2.05) is 0 Å². The number of benzene rings is 1. The van der Waals surface area contributed by atoms with Gasteiger partial charge in [0, 0.05) is 17.7 Å². The van der Waals surface area contributed by atoms with Crippen molar-refractivity contribution < 1.29 is 26.7 Å². The van der Waals surface area contributed by atoms with Gasteiger partial charge in [-0.1, -0.05) is 0 Å². The fourth-order valence-electron chi connectivity index (χ4n) is 1.60. The highest BCUT2D eigenvalue weighted by Crippen LogP contribution is 2.26. The maximum Gasteiger partial charge on any atom is 0.261 e. The number of hydrogen-bond acceptors (Lipinski definition) is 4. The van der Waals surface area contributed by atoms with E-state index in [4.69, 9.17) is 15.4 Å². The molecule has 1 aromatic carbocycles. The molecule has 1 rings (SSSR count). The van der Waals surface area contributed by atoms with Crippen molar-refractivity contribution in [3.8, 4) is 5.75 Å². The normalized spacial score (nSPS) is 11.5. The number of nitrogens with zero attached hydrogens (tertiary/aromatic N) is 1.